The zero-order valence-corrected chi connectivity index (χ0v) is 16.0. The van der Waals surface area contributed by atoms with Crippen molar-refractivity contribution in [3.8, 4) is 0 Å². The Morgan fingerprint density at radius 1 is 1.11 bits per heavy atom. The Kier molecular flexibility index (Phi) is 5.08. The van der Waals surface area contributed by atoms with Gasteiger partial charge in [0.05, 0.1) is 23.6 Å². The summed E-state index contributed by atoms with van der Waals surface area (Å²) >= 11 is 1.34. The van der Waals surface area contributed by atoms with Crippen molar-refractivity contribution >= 4 is 39.5 Å². The number of thioether (sulfide) groups is 1. The van der Waals surface area contributed by atoms with Crippen LogP contribution in [0.4, 0.5) is 0 Å². The second-order valence-electron chi connectivity index (χ2n) is 6.31. The minimum atomic E-state index is -0.462. The zero-order valence-electron chi connectivity index (χ0n) is 15.2. The van der Waals surface area contributed by atoms with Gasteiger partial charge in [0.25, 0.3) is 0 Å². The lowest BCUT2D eigenvalue weighted by Gasteiger charge is -2.15. The number of carbonyl (C=O) groups excluding carboxylic acids is 1. The van der Waals surface area contributed by atoms with Crippen molar-refractivity contribution in [1.29, 1.82) is 0 Å². The predicted octanol–water partition coefficient (Wildman–Crippen LogP) is 3.65. The third-order valence-corrected chi connectivity index (χ3v) is 5.31. The molecule has 3 aromatic rings. The Labute approximate surface area is 165 Å². The molecule has 1 aliphatic rings. The SMILES string of the molecule is C/C(=N\N=C1\SCC(=O)N1Cc1ccccc1)c1cc2ccccc2oc1=O. The number of hydrogen-bond donors (Lipinski definition) is 0. The molecule has 0 spiro atoms. The minimum Gasteiger partial charge on any atom is -0.422 e. The standard InChI is InChI=1S/C21H17N3O3S/c1-14(17-11-16-9-5-6-10-18(16)27-20(17)26)22-23-21-24(19(25)13-28-21)12-15-7-3-2-4-8-15/h2-11H,12-13H2,1H3/b22-14+,23-21+. The molecule has 2 aromatic carbocycles. The van der Waals surface area contributed by atoms with E-state index in [2.05, 4.69) is 10.2 Å². The highest BCUT2D eigenvalue weighted by Gasteiger charge is 2.28. The van der Waals surface area contributed by atoms with Gasteiger partial charge in [-0.3, -0.25) is 9.69 Å². The maximum absolute atomic E-state index is 12.3. The number of para-hydroxylation sites is 1. The van der Waals surface area contributed by atoms with Crippen molar-refractivity contribution in [3.63, 3.8) is 0 Å². The van der Waals surface area contributed by atoms with Gasteiger partial charge in [-0.15, -0.1) is 5.10 Å². The summed E-state index contributed by atoms with van der Waals surface area (Å²) in [6.07, 6.45) is 0. The highest BCUT2D eigenvalue weighted by atomic mass is 32.2. The summed E-state index contributed by atoms with van der Waals surface area (Å²) in [5, 5.41) is 9.78. The van der Waals surface area contributed by atoms with Gasteiger partial charge >= 0.3 is 5.63 Å². The molecule has 1 aliphatic heterocycles. The molecule has 1 amide bonds. The van der Waals surface area contributed by atoms with Crippen molar-refractivity contribution in [2.24, 2.45) is 10.2 Å². The molecule has 0 aliphatic carbocycles. The van der Waals surface area contributed by atoms with Gasteiger partial charge in [-0.25, -0.2) is 4.79 Å². The van der Waals surface area contributed by atoms with Gasteiger partial charge in [-0.05, 0) is 24.6 Å². The van der Waals surface area contributed by atoms with Crippen molar-refractivity contribution < 1.29 is 9.21 Å². The molecule has 0 unspecified atom stereocenters. The Morgan fingerprint density at radius 2 is 1.86 bits per heavy atom. The van der Waals surface area contributed by atoms with Gasteiger partial charge in [0.15, 0.2) is 5.17 Å². The average molecular weight is 391 g/mol. The van der Waals surface area contributed by atoms with E-state index in [0.717, 1.165) is 10.9 Å². The first-order valence-electron chi connectivity index (χ1n) is 8.74. The van der Waals surface area contributed by atoms with Crippen LogP contribution in [-0.4, -0.2) is 27.4 Å². The van der Waals surface area contributed by atoms with E-state index in [1.807, 2.05) is 48.5 Å². The third-order valence-electron chi connectivity index (χ3n) is 4.36. The second-order valence-corrected chi connectivity index (χ2v) is 7.25. The van der Waals surface area contributed by atoms with E-state index in [0.29, 0.717) is 34.3 Å². The van der Waals surface area contributed by atoms with Gasteiger partial charge in [-0.2, -0.15) is 5.10 Å². The number of nitrogens with zero attached hydrogens (tertiary/aromatic N) is 3. The monoisotopic (exact) mass is 391 g/mol. The van der Waals surface area contributed by atoms with Crippen LogP contribution in [0.1, 0.15) is 18.1 Å². The Balaban J connectivity index is 1.62. The summed E-state index contributed by atoms with van der Waals surface area (Å²) in [6, 6.07) is 18.8. The number of benzene rings is 2. The molecule has 1 saturated heterocycles. The van der Waals surface area contributed by atoms with Crippen LogP contribution in [-0.2, 0) is 11.3 Å². The number of rotatable bonds is 4. The number of amides is 1. The molecular formula is C21H17N3O3S. The topological polar surface area (TPSA) is 75.2 Å². The molecule has 1 aromatic heterocycles. The van der Waals surface area contributed by atoms with Crippen LogP contribution in [0.5, 0.6) is 0 Å². The van der Waals surface area contributed by atoms with E-state index in [-0.39, 0.29) is 5.91 Å². The largest absolute Gasteiger partial charge is 0.422 e. The molecule has 6 nitrogen and oxygen atoms in total. The van der Waals surface area contributed by atoms with E-state index in [4.69, 9.17) is 4.42 Å². The molecule has 28 heavy (non-hydrogen) atoms. The van der Waals surface area contributed by atoms with Crippen molar-refractivity contribution in [2.75, 3.05) is 5.75 Å². The lowest BCUT2D eigenvalue weighted by atomic mass is 10.1. The molecule has 0 saturated carbocycles. The van der Waals surface area contributed by atoms with E-state index in [1.54, 1.807) is 24.0 Å². The molecule has 1 fully saturated rings. The summed E-state index contributed by atoms with van der Waals surface area (Å²) < 4.78 is 5.35. The van der Waals surface area contributed by atoms with Crippen LogP contribution in [0.15, 0.2) is 80.1 Å². The van der Waals surface area contributed by atoms with Gasteiger partial charge in [0, 0.05) is 5.39 Å². The third kappa shape index (κ3) is 3.75. The molecule has 4 rings (SSSR count). The summed E-state index contributed by atoms with van der Waals surface area (Å²) in [5.74, 6) is 0.323. The second kappa shape index (κ2) is 7.82. The van der Waals surface area contributed by atoms with Crippen LogP contribution >= 0.6 is 11.8 Å². The van der Waals surface area contributed by atoms with E-state index in [9.17, 15) is 9.59 Å². The van der Waals surface area contributed by atoms with Gasteiger partial charge in [0.2, 0.25) is 5.91 Å². The van der Waals surface area contributed by atoms with Crippen molar-refractivity contribution in [1.82, 2.24) is 4.90 Å². The fourth-order valence-corrected chi connectivity index (χ4v) is 3.71. The lowest BCUT2D eigenvalue weighted by molar-refractivity contribution is -0.124. The summed E-state index contributed by atoms with van der Waals surface area (Å²) in [7, 11) is 0. The number of carbonyl (C=O) groups is 1. The van der Waals surface area contributed by atoms with Gasteiger partial charge in [0.1, 0.15) is 5.58 Å². The quantitative estimate of drug-likeness (QED) is 0.386. The first-order valence-corrected chi connectivity index (χ1v) is 9.73. The molecule has 7 heteroatoms. The summed E-state index contributed by atoms with van der Waals surface area (Å²) in [4.78, 5) is 26.1. The average Bonchev–Trinajstić information content (AvgIpc) is 3.06. The predicted molar refractivity (Wildman–Crippen MR) is 112 cm³/mol. The van der Waals surface area contributed by atoms with Gasteiger partial charge in [-0.1, -0.05) is 60.3 Å². The highest BCUT2D eigenvalue weighted by Crippen LogP contribution is 2.22. The van der Waals surface area contributed by atoms with E-state index in [1.165, 1.54) is 11.8 Å². The van der Waals surface area contributed by atoms with Crippen molar-refractivity contribution in [3.05, 3.63) is 82.2 Å². The fraction of sp³-hybridized carbons (Fsp3) is 0.143. The van der Waals surface area contributed by atoms with Crippen molar-refractivity contribution in [2.45, 2.75) is 13.5 Å². The molecule has 0 atom stereocenters. The maximum Gasteiger partial charge on any atom is 0.345 e. The molecule has 0 radical (unpaired) electrons. The zero-order chi connectivity index (χ0) is 19.5. The van der Waals surface area contributed by atoms with E-state index >= 15 is 0 Å². The maximum atomic E-state index is 12.3. The Bertz CT molecular complexity index is 1150. The minimum absolute atomic E-state index is 0.00863. The summed E-state index contributed by atoms with van der Waals surface area (Å²) in [5.41, 5.74) is 1.87. The normalized spacial score (nSPS) is 16.3. The number of fused-ring (bicyclic) bond motifs is 1. The molecule has 0 N–H and O–H groups in total. The van der Waals surface area contributed by atoms with Crippen LogP contribution in [0.3, 0.4) is 0 Å². The fourth-order valence-electron chi connectivity index (χ4n) is 2.88. The van der Waals surface area contributed by atoms with E-state index < -0.39 is 5.63 Å². The lowest BCUT2D eigenvalue weighted by Crippen LogP contribution is -2.28. The first kappa shape index (κ1) is 18.2. The Hall–Kier alpha value is -3.19. The number of hydrogen-bond acceptors (Lipinski definition) is 6. The Morgan fingerprint density at radius 3 is 2.68 bits per heavy atom. The smallest absolute Gasteiger partial charge is 0.345 e. The molecule has 2 heterocycles. The van der Waals surface area contributed by atoms with Crippen LogP contribution in [0.2, 0.25) is 0 Å². The first-order chi connectivity index (χ1) is 13.6. The van der Waals surface area contributed by atoms with Crippen LogP contribution in [0.25, 0.3) is 11.0 Å². The van der Waals surface area contributed by atoms with Crippen LogP contribution in [0, 0.1) is 0 Å². The molecule has 140 valence electrons. The van der Waals surface area contributed by atoms with Crippen LogP contribution < -0.4 is 5.63 Å². The molecule has 0 bridgehead atoms. The number of amidine groups is 1. The highest BCUT2D eigenvalue weighted by molar-refractivity contribution is 8.15. The summed E-state index contributed by atoms with van der Waals surface area (Å²) in [6.45, 7) is 2.15. The van der Waals surface area contributed by atoms with Gasteiger partial charge < -0.3 is 4.42 Å². The molecular weight excluding hydrogens is 374 g/mol.